The number of benzene rings is 1. The normalized spacial score (nSPS) is 20.1. The van der Waals surface area contributed by atoms with Crippen molar-refractivity contribution in [1.82, 2.24) is 0 Å². The van der Waals surface area contributed by atoms with Crippen molar-refractivity contribution >= 4 is 23.3 Å². The molecule has 1 aliphatic carbocycles. The van der Waals surface area contributed by atoms with Gasteiger partial charge < -0.3 is 16.6 Å². The Balaban J connectivity index is 2.09. The molecule has 5 N–H and O–H groups in total. The third-order valence-corrected chi connectivity index (χ3v) is 4.26. The Bertz CT molecular complexity index is 708. The molecule has 1 saturated carbocycles. The standard InChI is InChI=1S/C14H18N6O3/c15-12-17-13(16)19(14(18-12)6-2-1-3-7-14)10-5-4-9(20(22)23)8-11(10)21/h4-5,8,21H,1-3,6-7H2,(H4,15,16,17,18). The lowest BCUT2D eigenvalue weighted by molar-refractivity contribution is -0.384. The Hall–Kier alpha value is -2.84. The number of guanidine groups is 2. The van der Waals surface area contributed by atoms with Gasteiger partial charge in [0, 0.05) is 6.07 Å². The van der Waals surface area contributed by atoms with Crippen molar-refractivity contribution in [2.75, 3.05) is 4.90 Å². The number of nitrogens with zero attached hydrogens (tertiary/aromatic N) is 4. The minimum atomic E-state index is -0.693. The molecule has 1 fully saturated rings. The molecular weight excluding hydrogens is 300 g/mol. The van der Waals surface area contributed by atoms with E-state index in [2.05, 4.69) is 9.98 Å². The topological polar surface area (TPSA) is 143 Å². The second-order valence-corrected chi connectivity index (χ2v) is 5.75. The molecule has 23 heavy (non-hydrogen) atoms. The molecule has 1 aromatic carbocycles. The fourth-order valence-electron chi connectivity index (χ4n) is 3.28. The number of rotatable bonds is 2. The zero-order valence-electron chi connectivity index (χ0n) is 12.5. The Morgan fingerprint density at radius 2 is 1.96 bits per heavy atom. The van der Waals surface area contributed by atoms with E-state index in [4.69, 9.17) is 11.5 Å². The maximum atomic E-state index is 10.8. The van der Waals surface area contributed by atoms with E-state index in [9.17, 15) is 15.2 Å². The summed E-state index contributed by atoms with van der Waals surface area (Å²) in [7, 11) is 0. The molecule has 0 atom stereocenters. The fraction of sp³-hybridized carbons (Fsp3) is 0.429. The van der Waals surface area contributed by atoms with Crippen molar-refractivity contribution in [2.24, 2.45) is 21.5 Å². The summed E-state index contributed by atoms with van der Waals surface area (Å²) in [6.45, 7) is 0. The van der Waals surface area contributed by atoms with Crippen molar-refractivity contribution in [3.8, 4) is 5.75 Å². The van der Waals surface area contributed by atoms with Gasteiger partial charge in [-0.15, -0.1) is 0 Å². The van der Waals surface area contributed by atoms with Crippen LogP contribution in [0.25, 0.3) is 0 Å². The highest BCUT2D eigenvalue weighted by atomic mass is 16.6. The van der Waals surface area contributed by atoms with Crippen LogP contribution < -0.4 is 16.4 Å². The van der Waals surface area contributed by atoms with Crippen LogP contribution in [0.3, 0.4) is 0 Å². The number of phenols is 1. The third-order valence-electron chi connectivity index (χ3n) is 4.26. The molecule has 0 unspecified atom stereocenters. The Morgan fingerprint density at radius 1 is 1.26 bits per heavy atom. The summed E-state index contributed by atoms with van der Waals surface area (Å²) in [5.41, 5.74) is 11.3. The van der Waals surface area contributed by atoms with Gasteiger partial charge in [-0.1, -0.05) is 6.42 Å². The van der Waals surface area contributed by atoms with Gasteiger partial charge in [-0.2, -0.15) is 4.99 Å². The van der Waals surface area contributed by atoms with E-state index >= 15 is 0 Å². The van der Waals surface area contributed by atoms with Gasteiger partial charge in [-0.25, -0.2) is 4.99 Å². The van der Waals surface area contributed by atoms with Gasteiger partial charge in [0.15, 0.2) is 0 Å². The lowest BCUT2D eigenvalue weighted by Gasteiger charge is -2.45. The number of hydrogen-bond donors (Lipinski definition) is 3. The summed E-state index contributed by atoms with van der Waals surface area (Å²) in [5.74, 6) is 0.00331. The van der Waals surface area contributed by atoms with Crippen molar-refractivity contribution in [3.63, 3.8) is 0 Å². The highest BCUT2D eigenvalue weighted by Gasteiger charge is 2.43. The minimum Gasteiger partial charge on any atom is -0.505 e. The zero-order chi connectivity index (χ0) is 16.6. The third kappa shape index (κ3) is 2.54. The molecule has 1 spiro atoms. The number of phenolic OH excluding ortho intramolecular Hbond substituents is 1. The average Bonchev–Trinajstić information content (AvgIpc) is 2.48. The van der Waals surface area contributed by atoms with Crippen molar-refractivity contribution in [3.05, 3.63) is 28.3 Å². The van der Waals surface area contributed by atoms with Gasteiger partial charge in [-0.05, 0) is 31.7 Å². The summed E-state index contributed by atoms with van der Waals surface area (Å²) in [4.78, 5) is 20.4. The molecular formula is C14H18N6O3. The van der Waals surface area contributed by atoms with Crippen LogP contribution in [-0.2, 0) is 0 Å². The minimum absolute atomic E-state index is 0.113. The SMILES string of the molecule is NC1=NC2(CCCCC2)N(c2ccc([N+](=O)[O-])cc2O)C(N)=N1. The number of hydrogen-bond acceptors (Lipinski definition) is 8. The first-order chi connectivity index (χ1) is 10.9. The molecule has 0 radical (unpaired) electrons. The second kappa shape index (κ2) is 5.41. The molecule has 122 valence electrons. The molecule has 0 saturated heterocycles. The Morgan fingerprint density at radius 3 is 2.57 bits per heavy atom. The monoisotopic (exact) mass is 318 g/mol. The lowest BCUT2D eigenvalue weighted by atomic mass is 9.87. The van der Waals surface area contributed by atoms with Crippen LogP contribution in [0.5, 0.6) is 5.75 Å². The van der Waals surface area contributed by atoms with Crippen molar-refractivity contribution in [1.29, 1.82) is 0 Å². The molecule has 3 rings (SSSR count). The average molecular weight is 318 g/mol. The second-order valence-electron chi connectivity index (χ2n) is 5.75. The van der Waals surface area contributed by atoms with Crippen LogP contribution >= 0.6 is 0 Å². The first-order valence-corrected chi connectivity index (χ1v) is 7.40. The van der Waals surface area contributed by atoms with E-state index < -0.39 is 10.6 Å². The van der Waals surface area contributed by atoms with Crippen molar-refractivity contribution < 1.29 is 10.0 Å². The van der Waals surface area contributed by atoms with Crippen LogP contribution in [0.2, 0.25) is 0 Å². The van der Waals surface area contributed by atoms with Crippen LogP contribution in [0, 0.1) is 10.1 Å². The number of nitro groups is 1. The van der Waals surface area contributed by atoms with Gasteiger partial charge in [-0.3, -0.25) is 15.0 Å². The fourth-order valence-corrected chi connectivity index (χ4v) is 3.28. The molecule has 0 aromatic heterocycles. The quantitative estimate of drug-likeness (QED) is 0.555. The molecule has 0 amide bonds. The highest BCUT2D eigenvalue weighted by Crippen LogP contribution is 2.43. The lowest BCUT2D eigenvalue weighted by Crippen LogP contribution is -2.58. The van der Waals surface area contributed by atoms with Gasteiger partial charge in [0.2, 0.25) is 11.9 Å². The largest absolute Gasteiger partial charge is 0.505 e. The zero-order valence-corrected chi connectivity index (χ0v) is 12.5. The van der Waals surface area contributed by atoms with Gasteiger partial charge in [0.25, 0.3) is 5.69 Å². The summed E-state index contributed by atoms with van der Waals surface area (Å²) in [5, 5.41) is 21.1. The number of anilines is 1. The van der Waals surface area contributed by atoms with Gasteiger partial charge in [0.05, 0.1) is 16.7 Å². The van der Waals surface area contributed by atoms with Crippen LogP contribution in [0.15, 0.2) is 28.2 Å². The first-order valence-electron chi connectivity index (χ1n) is 7.40. The molecule has 2 aliphatic rings. The highest BCUT2D eigenvalue weighted by molar-refractivity contribution is 6.06. The molecule has 9 nitrogen and oxygen atoms in total. The van der Waals surface area contributed by atoms with E-state index in [0.29, 0.717) is 5.69 Å². The summed E-state index contributed by atoms with van der Waals surface area (Å²) < 4.78 is 0. The molecule has 0 bridgehead atoms. The van der Waals surface area contributed by atoms with E-state index in [1.165, 1.54) is 12.1 Å². The molecule has 9 heteroatoms. The number of nitrogens with two attached hydrogens (primary N) is 2. The summed E-state index contributed by atoms with van der Waals surface area (Å²) in [6.07, 6.45) is 4.44. The van der Waals surface area contributed by atoms with Crippen LogP contribution in [0.4, 0.5) is 11.4 Å². The number of aliphatic imine (C=N–C) groups is 2. The maximum absolute atomic E-state index is 10.8. The van der Waals surface area contributed by atoms with Crippen LogP contribution in [0.1, 0.15) is 32.1 Å². The van der Waals surface area contributed by atoms with Gasteiger partial charge >= 0.3 is 0 Å². The van der Waals surface area contributed by atoms with Crippen molar-refractivity contribution in [2.45, 2.75) is 37.8 Å². The molecule has 1 heterocycles. The Kier molecular flexibility index (Phi) is 3.55. The van der Waals surface area contributed by atoms with Crippen LogP contribution in [-0.4, -0.2) is 27.6 Å². The van der Waals surface area contributed by atoms with E-state index in [1.54, 1.807) is 4.90 Å². The van der Waals surface area contributed by atoms with E-state index in [-0.39, 0.29) is 23.4 Å². The predicted octanol–water partition coefficient (Wildman–Crippen LogP) is 1.41. The smallest absolute Gasteiger partial charge is 0.273 e. The first kappa shape index (κ1) is 15.1. The maximum Gasteiger partial charge on any atom is 0.273 e. The van der Waals surface area contributed by atoms with Gasteiger partial charge in [0.1, 0.15) is 11.4 Å². The molecule has 1 aromatic rings. The van der Waals surface area contributed by atoms with E-state index in [0.717, 1.165) is 38.2 Å². The predicted molar refractivity (Wildman–Crippen MR) is 86.3 cm³/mol. The summed E-state index contributed by atoms with van der Waals surface area (Å²) >= 11 is 0. The Labute approximate surface area is 132 Å². The number of non-ortho nitro benzene ring substituents is 1. The van der Waals surface area contributed by atoms with E-state index in [1.807, 2.05) is 0 Å². The number of nitro benzene ring substituents is 1. The molecule has 1 aliphatic heterocycles. The number of aromatic hydroxyl groups is 1. The summed E-state index contributed by atoms with van der Waals surface area (Å²) in [6, 6.07) is 3.88.